The molecule has 0 heterocycles. The Bertz CT molecular complexity index is 3020. The van der Waals surface area contributed by atoms with Crippen LogP contribution < -0.4 is 4.90 Å². The summed E-state index contributed by atoms with van der Waals surface area (Å²) in [6.45, 7) is 8.61. The van der Waals surface area contributed by atoms with Crippen molar-refractivity contribution in [3.05, 3.63) is 241 Å². The second-order valence-corrected chi connectivity index (χ2v) is 15.3. The number of allylic oxidation sites excluding steroid dienone is 4. The second kappa shape index (κ2) is 13.8. The van der Waals surface area contributed by atoms with Crippen LogP contribution in [0.1, 0.15) is 33.4 Å². The van der Waals surface area contributed by atoms with Gasteiger partial charge in [0, 0.05) is 30.8 Å². The molecule has 0 N–H and O–H groups in total. The van der Waals surface area contributed by atoms with Gasteiger partial charge in [-0.1, -0.05) is 177 Å². The second-order valence-electron chi connectivity index (χ2n) is 15.3. The molecule has 1 nitrogen and oxygen atoms in total. The largest absolute Gasteiger partial charge is 0.338 e. The van der Waals surface area contributed by atoms with Crippen molar-refractivity contribution in [3.63, 3.8) is 0 Å². The maximum Gasteiger partial charge on any atom is 0.0415 e. The van der Waals surface area contributed by atoms with Crippen molar-refractivity contribution in [2.75, 3.05) is 11.4 Å². The third-order valence-corrected chi connectivity index (χ3v) is 12.0. The lowest BCUT2D eigenvalue weighted by Gasteiger charge is -2.25. The highest BCUT2D eigenvalue weighted by molar-refractivity contribution is 6.21. The number of hydrogen-bond donors (Lipinski definition) is 0. The van der Waals surface area contributed by atoms with E-state index < -0.39 is 0 Å². The van der Waals surface area contributed by atoms with Crippen LogP contribution in [0, 0.1) is 12.8 Å². The van der Waals surface area contributed by atoms with Crippen LogP contribution in [0.5, 0.6) is 0 Å². The molecule has 1 heteroatoms. The Kier molecular flexibility index (Phi) is 8.08. The fourth-order valence-corrected chi connectivity index (χ4v) is 9.07. The third-order valence-electron chi connectivity index (χ3n) is 12.0. The molecule has 2 aliphatic rings. The molecule has 9 aromatic rings. The van der Waals surface area contributed by atoms with Crippen LogP contribution in [-0.4, -0.2) is 6.54 Å². The van der Waals surface area contributed by atoms with Gasteiger partial charge in [0.15, 0.2) is 0 Å². The minimum Gasteiger partial charge on any atom is -0.338 e. The quantitative estimate of drug-likeness (QED) is 0.0998. The molecule has 0 aromatic heterocycles. The number of hydrogen-bond acceptors (Lipinski definition) is 1. The number of anilines is 2. The van der Waals surface area contributed by atoms with E-state index in [0.29, 0.717) is 6.54 Å². The summed E-state index contributed by atoms with van der Waals surface area (Å²) in [5, 5.41) is 10.7. The highest BCUT2D eigenvalue weighted by atomic mass is 15.1. The summed E-state index contributed by atoms with van der Waals surface area (Å²) in [6, 6.07) is 57.8. The minimum absolute atomic E-state index is 0.684. The maximum atomic E-state index is 4.01. The molecule has 2 aliphatic carbocycles. The summed E-state index contributed by atoms with van der Waals surface area (Å²) in [7, 11) is 0. The molecule has 2 radical (unpaired) electrons. The summed E-state index contributed by atoms with van der Waals surface area (Å²) in [5.41, 5.74) is 16.1. The van der Waals surface area contributed by atoms with E-state index in [9.17, 15) is 0 Å². The molecule has 0 unspecified atom stereocenters. The third kappa shape index (κ3) is 5.70. The van der Waals surface area contributed by atoms with Gasteiger partial charge in [-0.2, -0.15) is 0 Å². The van der Waals surface area contributed by atoms with Gasteiger partial charge < -0.3 is 4.90 Å². The van der Waals surface area contributed by atoms with Gasteiger partial charge >= 0.3 is 0 Å². The first-order chi connectivity index (χ1) is 28.7. The molecule has 0 bridgehead atoms. The summed E-state index contributed by atoms with van der Waals surface area (Å²) in [5.74, 6) is 0. The van der Waals surface area contributed by atoms with E-state index in [2.05, 4.69) is 207 Å². The van der Waals surface area contributed by atoms with Gasteiger partial charge in [-0.3, -0.25) is 0 Å². The van der Waals surface area contributed by atoms with E-state index in [1.807, 2.05) is 12.2 Å². The van der Waals surface area contributed by atoms with E-state index in [-0.39, 0.29) is 0 Å². The zero-order valence-corrected chi connectivity index (χ0v) is 32.1. The van der Waals surface area contributed by atoms with Crippen molar-refractivity contribution in [1.29, 1.82) is 0 Å². The molecule has 272 valence electrons. The first kappa shape index (κ1) is 34.1. The van der Waals surface area contributed by atoms with Crippen molar-refractivity contribution in [3.8, 4) is 22.3 Å². The Morgan fingerprint density at radius 1 is 0.466 bits per heavy atom. The number of benzene rings is 9. The topological polar surface area (TPSA) is 3.24 Å². The van der Waals surface area contributed by atoms with E-state index in [4.69, 9.17) is 0 Å². The standard InChI is InChI=1S/C57H39N/c1-3-12-38(39-24-22-37(4-2)23-25-39)13-11-34-58(42-30-26-40(27-31-42)44-18-9-20-50-46-14-5-7-16-48(46)52-35-54(52)56(44)50)43-32-28-41(29-33-43)45-19-10-21-51-47-15-6-8-17-49(47)53-36-55(53)57(45)51/h3-33,35-36H,1-2,34H2/b13-11-,38-12+. The molecule has 0 saturated heterocycles. The first-order valence-electron chi connectivity index (χ1n) is 20.0. The van der Waals surface area contributed by atoms with Gasteiger partial charge in [0.1, 0.15) is 0 Å². The monoisotopic (exact) mass is 737 g/mol. The smallest absolute Gasteiger partial charge is 0.0415 e. The molecule has 0 fully saturated rings. The Morgan fingerprint density at radius 3 is 1.43 bits per heavy atom. The van der Waals surface area contributed by atoms with Crippen molar-refractivity contribution >= 4 is 66.1 Å². The van der Waals surface area contributed by atoms with Gasteiger partial charge in [0.05, 0.1) is 0 Å². The fourth-order valence-electron chi connectivity index (χ4n) is 9.07. The van der Waals surface area contributed by atoms with Gasteiger partial charge in [-0.05, 0) is 129 Å². The molecule has 0 aliphatic heterocycles. The van der Waals surface area contributed by atoms with Crippen LogP contribution in [0.2, 0.25) is 0 Å². The van der Waals surface area contributed by atoms with E-state index in [1.54, 1.807) is 0 Å². The Balaban J connectivity index is 0.968. The lowest BCUT2D eigenvalue weighted by atomic mass is 9.94. The van der Waals surface area contributed by atoms with Gasteiger partial charge in [0.25, 0.3) is 0 Å². The average Bonchev–Trinajstić information content (AvgIpc) is 4.23. The van der Waals surface area contributed by atoms with E-state index >= 15 is 0 Å². The van der Waals surface area contributed by atoms with E-state index in [0.717, 1.165) is 28.1 Å². The fraction of sp³-hybridized carbons (Fsp3) is 0.0175. The van der Waals surface area contributed by atoms with Crippen LogP contribution in [-0.2, 0) is 0 Å². The molecule has 0 atom stereocenters. The van der Waals surface area contributed by atoms with Gasteiger partial charge in [0.2, 0.25) is 0 Å². The first-order valence-corrected chi connectivity index (χ1v) is 20.0. The van der Waals surface area contributed by atoms with Crippen LogP contribution in [0.4, 0.5) is 11.4 Å². The van der Waals surface area contributed by atoms with Crippen molar-refractivity contribution in [2.24, 2.45) is 0 Å². The average molecular weight is 738 g/mol. The number of nitrogens with zero attached hydrogens (tertiary/aromatic N) is 1. The van der Waals surface area contributed by atoms with Crippen LogP contribution in [0.3, 0.4) is 0 Å². The molecule has 0 spiro atoms. The summed E-state index contributed by atoms with van der Waals surface area (Å²) in [4.78, 5) is 2.40. The summed E-state index contributed by atoms with van der Waals surface area (Å²) in [6.07, 6.45) is 14.9. The molecule has 0 amide bonds. The predicted molar refractivity (Wildman–Crippen MR) is 250 cm³/mol. The van der Waals surface area contributed by atoms with Crippen molar-refractivity contribution in [1.82, 2.24) is 0 Å². The van der Waals surface area contributed by atoms with Gasteiger partial charge in [-0.25, -0.2) is 0 Å². The van der Waals surface area contributed by atoms with Crippen LogP contribution >= 0.6 is 0 Å². The normalized spacial score (nSPS) is 12.9. The number of rotatable bonds is 10. The van der Waals surface area contributed by atoms with Crippen LogP contribution in [0.15, 0.2) is 195 Å². The molecule has 11 rings (SSSR count). The molecule has 0 saturated carbocycles. The lowest BCUT2D eigenvalue weighted by Crippen LogP contribution is -2.16. The molecular formula is C57H39N. The minimum atomic E-state index is 0.684. The Labute approximate surface area is 339 Å². The lowest BCUT2D eigenvalue weighted by molar-refractivity contribution is 1.10. The summed E-state index contributed by atoms with van der Waals surface area (Å²) < 4.78 is 0. The van der Waals surface area contributed by atoms with Crippen LogP contribution in [0.25, 0.3) is 77.0 Å². The Morgan fingerprint density at radius 2 is 0.948 bits per heavy atom. The van der Waals surface area contributed by atoms with Gasteiger partial charge in [-0.15, -0.1) is 0 Å². The molecule has 58 heavy (non-hydrogen) atoms. The Hall–Kier alpha value is -7.22. The number of fused-ring (bicyclic) bond motifs is 12. The SMILES string of the molecule is C=C/C=C(\C=C/CN(c1ccc(-c2cccc3c2c2c(c4ccccc43)[CH]2)cc1)c1ccc(-c2cccc3c2c2c(c4ccccc43)[CH]2)cc1)c1ccc(C=C)cc1. The maximum absolute atomic E-state index is 4.01. The highest BCUT2D eigenvalue weighted by Crippen LogP contribution is 2.49. The van der Waals surface area contributed by atoms with Crippen molar-refractivity contribution < 1.29 is 0 Å². The molecular weight excluding hydrogens is 699 g/mol. The zero-order valence-electron chi connectivity index (χ0n) is 32.1. The predicted octanol–water partition coefficient (Wildman–Crippen LogP) is 15.1. The molecule has 9 aromatic carbocycles. The van der Waals surface area contributed by atoms with E-state index in [1.165, 1.54) is 87.6 Å². The zero-order chi connectivity index (χ0) is 38.7. The van der Waals surface area contributed by atoms with Crippen molar-refractivity contribution in [2.45, 2.75) is 0 Å². The highest BCUT2D eigenvalue weighted by Gasteiger charge is 2.28. The summed E-state index contributed by atoms with van der Waals surface area (Å²) >= 11 is 0.